The first-order chi connectivity index (χ1) is 10.7. The molecule has 22 heavy (non-hydrogen) atoms. The molecule has 1 aromatic carbocycles. The summed E-state index contributed by atoms with van der Waals surface area (Å²) in [6, 6.07) is 7.62. The van der Waals surface area contributed by atoms with Crippen LogP contribution in [0.25, 0.3) is 0 Å². The van der Waals surface area contributed by atoms with Gasteiger partial charge in [-0.2, -0.15) is 0 Å². The average molecular weight is 372 g/mol. The molecule has 0 radical (unpaired) electrons. The standard InChI is InChI=1S/C14H14ClN3OS3/c1-2-7-21-14-18-17-13(22-14)16-12(19)9-20-8-10-3-5-11(15)6-4-10/h2-6H,1,7-9H2,(H,16,17,19). The molecule has 1 N–H and O–H groups in total. The van der Waals surface area contributed by atoms with E-state index in [0.717, 1.165) is 21.4 Å². The predicted octanol–water partition coefficient (Wildman–Crippen LogP) is 4.34. The van der Waals surface area contributed by atoms with E-state index >= 15 is 0 Å². The number of anilines is 1. The Morgan fingerprint density at radius 2 is 2.14 bits per heavy atom. The molecule has 0 unspecified atom stereocenters. The maximum absolute atomic E-state index is 11.8. The van der Waals surface area contributed by atoms with Crippen molar-refractivity contribution in [1.82, 2.24) is 10.2 Å². The zero-order valence-corrected chi connectivity index (χ0v) is 14.8. The molecule has 2 aromatic rings. The van der Waals surface area contributed by atoms with E-state index in [0.29, 0.717) is 15.9 Å². The topological polar surface area (TPSA) is 54.9 Å². The number of nitrogens with zero attached hydrogens (tertiary/aromatic N) is 2. The van der Waals surface area contributed by atoms with Crippen LogP contribution < -0.4 is 5.32 Å². The number of carbonyl (C=O) groups excluding carboxylic acids is 1. The largest absolute Gasteiger partial charge is 0.300 e. The molecule has 0 spiro atoms. The van der Waals surface area contributed by atoms with E-state index in [2.05, 4.69) is 22.1 Å². The number of hydrogen-bond donors (Lipinski definition) is 1. The smallest absolute Gasteiger partial charge is 0.236 e. The zero-order valence-electron chi connectivity index (χ0n) is 11.6. The molecule has 2 rings (SSSR count). The summed E-state index contributed by atoms with van der Waals surface area (Å²) in [4.78, 5) is 11.8. The van der Waals surface area contributed by atoms with Crippen molar-refractivity contribution in [2.24, 2.45) is 0 Å². The third-order valence-corrected chi connectivity index (χ3v) is 5.62. The van der Waals surface area contributed by atoms with Crippen LogP contribution >= 0.6 is 46.5 Å². The molecular weight excluding hydrogens is 358 g/mol. The highest BCUT2D eigenvalue weighted by molar-refractivity contribution is 8.01. The van der Waals surface area contributed by atoms with Crippen LogP contribution in [-0.2, 0) is 10.5 Å². The van der Waals surface area contributed by atoms with Crippen LogP contribution in [0, 0.1) is 0 Å². The van der Waals surface area contributed by atoms with Gasteiger partial charge in [-0.1, -0.05) is 52.9 Å². The SMILES string of the molecule is C=CCSc1nnc(NC(=O)CSCc2ccc(Cl)cc2)s1. The minimum Gasteiger partial charge on any atom is -0.300 e. The van der Waals surface area contributed by atoms with E-state index < -0.39 is 0 Å². The van der Waals surface area contributed by atoms with Crippen LogP contribution in [0.15, 0.2) is 41.3 Å². The quantitative estimate of drug-likeness (QED) is 0.425. The van der Waals surface area contributed by atoms with E-state index in [1.807, 2.05) is 24.3 Å². The molecule has 0 saturated heterocycles. The second-order valence-corrected chi connectivity index (χ2v) is 7.81. The molecule has 0 atom stereocenters. The molecule has 0 saturated carbocycles. The van der Waals surface area contributed by atoms with Crippen LogP contribution in [0.2, 0.25) is 5.02 Å². The minimum absolute atomic E-state index is 0.0737. The van der Waals surface area contributed by atoms with Gasteiger partial charge in [0.25, 0.3) is 0 Å². The van der Waals surface area contributed by atoms with Gasteiger partial charge in [-0.05, 0) is 17.7 Å². The molecule has 116 valence electrons. The Kier molecular flexibility index (Phi) is 7.24. The summed E-state index contributed by atoms with van der Waals surface area (Å²) in [7, 11) is 0. The maximum atomic E-state index is 11.8. The summed E-state index contributed by atoms with van der Waals surface area (Å²) in [5.74, 6) is 1.84. The van der Waals surface area contributed by atoms with Crippen molar-refractivity contribution in [1.29, 1.82) is 0 Å². The van der Waals surface area contributed by atoms with Crippen LogP contribution in [-0.4, -0.2) is 27.6 Å². The van der Waals surface area contributed by atoms with Crippen LogP contribution in [0.4, 0.5) is 5.13 Å². The molecule has 0 aliphatic heterocycles. The number of thioether (sulfide) groups is 2. The van der Waals surface area contributed by atoms with Crippen LogP contribution in [0.1, 0.15) is 5.56 Å². The number of rotatable bonds is 8. The molecule has 4 nitrogen and oxygen atoms in total. The Labute approximate surface area is 146 Å². The number of hydrogen-bond acceptors (Lipinski definition) is 6. The van der Waals surface area contributed by atoms with Crippen molar-refractivity contribution in [3.63, 3.8) is 0 Å². The van der Waals surface area contributed by atoms with Crippen molar-refractivity contribution in [3.8, 4) is 0 Å². The van der Waals surface area contributed by atoms with Crippen LogP contribution in [0.3, 0.4) is 0 Å². The first kappa shape index (κ1) is 17.3. The van der Waals surface area contributed by atoms with E-state index in [1.54, 1.807) is 29.6 Å². The fourth-order valence-electron chi connectivity index (χ4n) is 1.45. The molecular formula is C14H14ClN3OS3. The lowest BCUT2D eigenvalue weighted by Crippen LogP contribution is -2.13. The second kappa shape index (κ2) is 9.19. The minimum atomic E-state index is -0.0737. The molecule has 1 amide bonds. The van der Waals surface area contributed by atoms with Gasteiger partial charge in [-0.25, -0.2) is 0 Å². The third kappa shape index (κ3) is 6.00. The van der Waals surface area contributed by atoms with E-state index in [9.17, 15) is 4.79 Å². The monoisotopic (exact) mass is 371 g/mol. The van der Waals surface area contributed by atoms with Gasteiger partial charge in [0.2, 0.25) is 11.0 Å². The summed E-state index contributed by atoms with van der Waals surface area (Å²) in [5.41, 5.74) is 1.14. The number of carbonyl (C=O) groups is 1. The maximum Gasteiger partial charge on any atom is 0.236 e. The van der Waals surface area contributed by atoms with Crippen molar-refractivity contribution >= 4 is 57.5 Å². The Balaban J connectivity index is 1.72. The van der Waals surface area contributed by atoms with Gasteiger partial charge < -0.3 is 0 Å². The van der Waals surface area contributed by atoms with Crippen molar-refractivity contribution in [2.75, 3.05) is 16.8 Å². The number of aromatic nitrogens is 2. The first-order valence-corrected chi connectivity index (χ1v) is 9.70. The van der Waals surface area contributed by atoms with Gasteiger partial charge in [0, 0.05) is 16.5 Å². The number of nitrogens with one attached hydrogen (secondary N) is 1. The Hall–Kier alpha value is -1.02. The van der Waals surface area contributed by atoms with Gasteiger partial charge in [-0.3, -0.25) is 10.1 Å². The van der Waals surface area contributed by atoms with E-state index in [-0.39, 0.29) is 5.91 Å². The number of benzene rings is 1. The first-order valence-electron chi connectivity index (χ1n) is 6.36. The second-order valence-electron chi connectivity index (χ2n) is 4.14. The van der Waals surface area contributed by atoms with Gasteiger partial charge >= 0.3 is 0 Å². The molecule has 0 aliphatic carbocycles. The molecule has 1 heterocycles. The van der Waals surface area contributed by atoms with Gasteiger partial charge in [0.1, 0.15) is 0 Å². The number of amides is 1. The average Bonchev–Trinajstić information content (AvgIpc) is 2.94. The number of halogens is 1. The predicted molar refractivity (Wildman–Crippen MR) is 97.1 cm³/mol. The normalized spacial score (nSPS) is 10.4. The lowest BCUT2D eigenvalue weighted by molar-refractivity contribution is -0.113. The molecule has 8 heteroatoms. The summed E-state index contributed by atoms with van der Waals surface area (Å²) >= 11 is 10.3. The van der Waals surface area contributed by atoms with E-state index in [4.69, 9.17) is 11.6 Å². The fourth-order valence-corrected chi connectivity index (χ4v) is 3.89. The van der Waals surface area contributed by atoms with Crippen molar-refractivity contribution in [2.45, 2.75) is 10.1 Å². The summed E-state index contributed by atoms with van der Waals surface area (Å²) < 4.78 is 0.823. The Bertz CT molecular complexity index is 631. The van der Waals surface area contributed by atoms with Gasteiger partial charge in [0.15, 0.2) is 4.34 Å². The molecule has 0 bridgehead atoms. The summed E-state index contributed by atoms with van der Waals surface area (Å²) in [6.07, 6.45) is 1.80. The molecule has 0 fully saturated rings. The highest BCUT2D eigenvalue weighted by Crippen LogP contribution is 2.25. The molecule has 0 aliphatic rings. The Morgan fingerprint density at radius 1 is 1.36 bits per heavy atom. The lowest BCUT2D eigenvalue weighted by Gasteiger charge is -2.02. The third-order valence-electron chi connectivity index (χ3n) is 2.39. The Morgan fingerprint density at radius 3 is 2.86 bits per heavy atom. The van der Waals surface area contributed by atoms with Crippen molar-refractivity contribution in [3.05, 3.63) is 47.5 Å². The van der Waals surface area contributed by atoms with Gasteiger partial charge in [-0.15, -0.1) is 28.5 Å². The van der Waals surface area contributed by atoms with E-state index in [1.165, 1.54) is 11.3 Å². The molecule has 1 aromatic heterocycles. The summed E-state index contributed by atoms with van der Waals surface area (Å²) in [5, 5.41) is 11.9. The zero-order chi connectivity index (χ0) is 15.8. The highest BCUT2D eigenvalue weighted by Gasteiger charge is 2.08. The summed E-state index contributed by atoms with van der Waals surface area (Å²) in [6.45, 7) is 3.65. The van der Waals surface area contributed by atoms with Crippen molar-refractivity contribution < 1.29 is 4.79 Å². The highest BCUT2D eigenvalue weighted by atomic mass is 35.5. The lowest BCUT2D eigenvalue weighted by atomic mass is 10.2. The fraction of sp³-hybridized carbons (Fsp3) is 0.214. The van der Waals surface area contributed by atoms with Gasteiger partial charge in [0.05, 0.1) is 5.75 Å². The van der Waals surface area contributed by atoms with Crippen LogP contribution in [0.5, 0.6) is 0 Å².